The van der Waals surface area contributed by atoms with E-state index in [9.17, 15) is 0 Å². The number of benzene rings is 8. The standard InChI is InChI=1S/C70H72BN3/c1-43-37-60-63-61(38-43)74-64-54(62-65(74)52-23-19-20-24-55(52)70(62,14)15)40-48(69(11,12)13)41-57(64)71(63)56-35-34-51(42-59(56)73(60)58-36-29-47(68(8,9)10)39-53(58)44-21-17-16-18-22-44)72(49-30-25-45(26-31-49)66(2,3)4)50-32-27-46(28-33-50)67(5,6)7/h16-42H,1-15H3. The van der Waals surface area contributed by atoms with E-state index in [-0.39, 0.29) is 33.8 Å². The first-order valence-corrected chi connectivity index (χ1v) is 27.0. The van der Waals surface area contributed by atoms with Crippen molar-refractivity contribution in [3.05, 3.63) is 203 Å². The lowest BCUT2D eigenvalue weighted by Gasteiger charge is -2.42. The number of aryl methyl sites for hydroxylation is 1. The fourth-order valence-corrected chi connectivity index (χ4v) is 12.7. The summed E-state index contributed by atoms with van der Waals surface area (Å²) in [6, 6.07) is 63.6. The summed E-state index contributed by atoms with van der Waals surface area (Å²) in [6.45, 7) is 35.1. The van der Waals surface area contributed by atoms with Gasteiger partial charge in [-0.25, -0.2) is 0 Å². The average Bonchev–Trinajstić information content (AvgIpc) is 3.89. The van der Waals surface area contributed by atoms with Gasteiger partial charge in [0, 0.05) is 61.6 Å². The van der Waals surface area contributed by atoms with Gasteiger partial charge < -0.3 is 14.4 Å². The summed E-state index contributed by atoms with van der Waals surface area (Å²) in [6.07, 6.45) is 0. The molecule has 4 heteroatoms. The Labute approximate surface area is 442 Å². The third-order valence-corrected chi connectivity index (χ3v) is 16.8. The summed E-state index contributed by atoms with van der Waals surface area (Å²) in [7, 11) is 0. The second-order valence-electron chi connectivity index (χ2n) is 26.4. The fourth-order valence-electron chi connectivity index (χ4n) is 12.7. The molecule has 3 heterocycles. The highest BCUT2D eigenvalue weighted by Crippen LogP contribution is 2.56. The molecule has 1 aromatic heterocycles. The highest BCUT2D eigenvalue weighted by atomic mass is 15.2. The van der Waals surface area contributed by atoms with Crippen molar-refractivity contribution in [2.24, 2.45) is 0 Å². The number of aromatic nitrogens is 1. The quantitative estimate of drug-likeness (QED) is 0.159. The van der Waals surface area contributed by atoms with Gasteiger partial charge in [-0.05, 0) is 156 Å². The smallest absolute Gasteiger partial charge is 0.252 e. The lowest BCUT2D eigenvalue weighted by Crippen LogP contribution is -2.60. The van der Waals surface area contributed by atoms with Gasteiger partial charge >= 0.3 is 0 Å². The lowest BCUT2D eigenvalue weighted by molar-refractivity contribution is 0.590. The van der Waals surface area contributed by atoms with E-state index in [2.05, 4.69) is 282 Å². The van der Waals surface area contributed by atoms with Gasteiger partial charge in [-0.15, -0.1) is 0 Å². The van der Waals surface area contributed by atoms with Crippen molar-refractivity contribution in [3.63, 3.8) is 0 Å². The minimum absolute atomic E-state index is 0.0220. The number of rotatable bonds is 5. The molecule has 74 heavy (non-hydrogen) atoms. The molecule has 3 aliphatic rings. The van der Waals surface area contributed by atoms with Crippen molar-refractivity contribution in [2.75, 3.05) is 9.80 Å². The molecule has 0 amide bonds. The largest absolute Gasteiger partial charge is 0.311 e. The number of fused-ring (bicyclic) bond motifs is 9. The van der Waals surface area contributed by atoms with Gasteiger partial charge in [-0.2, -0.15) is 0 Å². The highest BCUT2D eigenvalue weighted by Gasteiger charge is 2.48. The van der Waals surface area contributed by atoms with Crippen LogP contribution in [-0.2, 0) is 27.1 Å². The van der Waals surface area contributed by atoms with Crippen LogP contribution in [0.4, 0.5) is 34.1 Å². The zero-order valence-electron chi connectivity index (χ0n) is 46.5. The van der Waals surface area contributed by atoms with Gasteiger partial charge in [0.05, 0.1) is 11.4 Å². The Morgan fingerprint density at radius 1 is 0.446 bits per heavy atom. The van der Waals surface area contributed by atoms with Crippen LogP contribution in [0.5, 0.6) is 0 Å². The van der Waals surface area contributed by atoms with Crippen LogP contribution in [0.3, 0.4) is 0 Å². The van der Waals surface area contributed by atoms with E-state index in [1.165, 1.54) is 111 Å². The van der Waals surface area contributed by atoms with E-state index < -0.39 is 0 Å². The van der Waals surface area contributed by atoms with Gasteiger partial charge in [0.25, 0.3) is 6.71 Å². The van der Waals surface area contributed by atoms with E-state index >= 15 is 0 Å². The third kappa shape index (κ3) is 7.37. The second-order valence-corrected chi connectivity index (χ2v) is 26.4. The van der Waals surface area contributed by atoms with Crippen LogP contribution in [0.15, 0.2) is 164 Å². The summed E-state index contributed by atoms with van der Waals surface area (Å²) in [5.74, 6) is 0. The highest BCUT2D eigenvalue weighted by molar-refractivity contribution is 7.00. The van der Waals surface area contributed by atoms with Gasteiger partial charge in [-0.1, -0.05) is 194 Å². The van der Waals surface area contributed by atoms with Crippen LogP contribution in [0.2, 0.25) is 0 Å². The molecule has 8 aromatic carbocycles. The maximum Gasteiger partial charge on any atom is 0.252 e. The maximum absolute atomic E-state index is 2.70. The first-order valence-electron chi connectivity index (χ1n) is 27.0. The number of hydrogen-bond donors (Lipinski definition) is 0. The van der Waals surface area contributed by atoms with Crippen LogP contribution in [0.25, 0.3) is 39.0 Å². The molecule has 0 unspecified atom stereocenters. The van der Waals surface area contributed by atoms with Crippen molar-refractivity contribution in [1.29, 1.82) is 0 Å². The van der Waals surface area contributed by atoms with E-state index in [1.54, 1.807) is 0 Å². The minimum Gasteiger partial charge on any atom is -0.311 e. The molecule has 9 aromatic rings. The van der Waals surface area contributed by atoms with Crippen LogP contribution < -0.4 is 26.2 Å². The third-order valence-electron chi connectivity index (χ3n) is 16.8. The monoisotopic (exact) mass is 966 g/mol. The van der Waals surface area contributed by atoms with E-state index in [4.69, 9.17) is 0 Å². The molecule has 1 aliphatic carbocycles. The van der Waals surface area contributed by atoms with E-state index in [0.29, 0.717) is 0 Å². The Morgan fingerprint density at radius 2 is 1.00 bits per heavy atom. The first-order chi connectivity index (χ1) is 34.9. The Kier molecular flexibility index (Phi) is 10.5. The van der Waals surface area contributed by atoms with Crippen molar-refractivity contribution in [1.82, 2.24) is 4.57 Å². The molecule has 0 N–H and O–H groups in total. The maximum atomic E-state index is 2.70. The first kappa shape index (κ1) is 47.9. The molecule has 0 bridgehead atoms. The van der Waals surface area contributed by atoms with Gasteiger partial charge in [-0.3, -0.25) is 0 Å². The molecule has 0 radical (unpaired) electrons. The molecule has 0 saturated heterocycles. The molecule has 0 saturated carbocycles. The van der Waals surface area contributed by atoms with Crippen LogP contribution in [0, 0.1) is 6.92 Å². The molecule has 12 rings (SSSR count). The topological polar surface area (TPSA) is 11.4 Å². The van der Waals surface area contributed by atoms with Crippen LogP contribution >= 0.6 is 0 Å². The van der Waals surface area contributed by atoms with Crippen LogP contribution in [0.1, 0.15) is 136 Å². The predicted molar refractivity (Wildman–Crippen MR) is 320 cm³/mol. The normalized spacial score (nSPS) is 14.5. The number of anilines is 6. The number of hydrogen-bond acceptors (Lipinski definition) is 2. The summed E-state index contributed by atoms with van der Waals surface area (Å²) in [5, 5.41) is 1.38. The zero-order chi connectivity index (χ0) is 52.2. The summed E-state index contributed by atoms with van der Waals surface area (Å²) in [4.78, 5) is 5.13. The molecular weight excluding hydrogens is 894 g/mol. The Hall–Kier alpha value is -7.04. The van der Waals surface area contributed by atoms with E-state index in [1.807, 2.05) is 0 Å². The molecule has 3 nitrogen and oxygen atoms in total. The minimum atomic E-state index is -0.187. The molecule has 0 atom stereocenters. The Bertz CT molecular complexity index is 3670. The van der Waals surface area contributed by atoms with Gasteiger partial charge in [0.2, 0.25) is 0 Å². The number of nitrogens with zero attached hydrogens (tertiary/aromatic N) is 3. The lowest BCUT2D eigenvalue weighted by atomic mass is 9.33. The summed E-state index contributed by atoms with van der Waals surface area (Å²) in [5.41, 5.74) is 28.0. The average molecular weight is 966 g/mol. The molecular formula is C70H72BN3. The van der Waals surface area contributed by atoms with Gasteiger partial charge in [0.1, 0.15) is 0 Å². The molecule has 0 fully saturated rings. The molecule has 2 aliphatic heterocycles. The Morgan fingerprint density at radius 3 is 1.61 bits per heavy atom. The second kappa shape index (κ2) is 16.2. The van der Waals surface area contributed by atoms with Crippen molar-refractivity contribution < 1.29 is 0 Å². The molecule has 0 spiro atoms. The predicted octanol–water partition coefficient (Wildman–Crippen LogP) is 17.2. The Balaban J connectivity index is 1.20. The van der Waals surface area contributed by atoms with Crippen molar-refractivity contribution in [2.45, 2.75) is 131 Å². The van der Waals surface area contributed by atoms with Crippen LogP contribution in [-0.4, -0.2) is 11.3 Å². The zero-order valence-corrected chi connectivity index (χ0v) is 46.5. The molecule has 370 valence electrons. The fraction of sp³-hybridized carbons (Fsp3) is 0.286. The van der Waals surface area contributed by atoms with Gasteiger partial charge in [0.15, 0.2) is 0 Å². The summed E-state index contributed by atoms with van der Waals surface area (Å²) < 4.78 is 2.70. The van der Waals surface area contributed by atoms with E-state index in [0.717, 1.165) is 17.1 Å². The summed E-state index contributed by atoms with van der Waals surface area (Å²) >= 11 is 0. The van der Waals surface area contributed by atoms with Crippen molar-refractivity contribution in [3.8, 4) is 28.1 Å². The van der Waals surface area contributed by atoms with Crippen molar-refractivity contribution >= 4 is 68.1 Å². The SMILES string of the molecule is Cc1cc2c3c(c1)-n1c4c(c5cc(C(C)(C)C)cc(c51)B3c1ccc(N(c3ccc(C(C)(C)C)cc3)c3ccc(C(C)(C)C)cc3)cc1N2c1ccc(C(C)(C)C)cc1-c1ccccc1)C(C)(C)c1ccccc1-4.